The van der Waals surface area contributed by atoms with E-state index in [9.17, 15) is 13.2 Å². The largest absolute Gasteiger partial charge is 0.300 e. The third-order valence-electron chi connectivity index (χ3n) is 4.62. The fourth-order valence-electron chi connectivity index (χ4n) is 3.19. The Labute approximate surface area is 143 Å². The summed E-state index contributed by atoms with van der Waals surface area (Å²) in [6.07, 6.45) is 1.67. The summed E-state index contributed by atoms with van der Waals surface area (Å²) >= 11 is 0. The highest BCUT2D eigenvalue weighted by Gasteiger charge is 2.54. The maximum Gasteiger partial charge on any atom is 0.300 e. The van der Waals surface area contributed by atoms with Gasteiger partial charge in [0, 0.05) is 22.7 Å². The van der Waals surface area contributed by atoms with Gasteiger partial charge >= 0.3 is 5.92 Å². The highest BCUT2D eigenvalue weighted by atomic mass is 19.3. The number of rotatable bonds is 1. The molecule has 0 aliphatic carbocycles. The second kappa shape index (κ2) is 5.15. The molecule has 3 aromatic rings. The van der Waals surface area contributed by atoms with Crippen LogP contribution < -0.4 is 0 Å². The number of aromatic nitrogens is 1. The van der Waals surface area contributed by atoms with Gasteiger partial charge in [0.25, 0.3) is 0 Å². The Bertz CT molecular complexity index is 1020. The Morgan fingerprint density at radius 1 is 0.960 bits per heavy atom. The summed E-state index contributed by atoms with van der Waals surface area (Å²) in [7, 11) is 0. The molecule has 1 aliphatic heterocycles. The summed E-state index contributed by atoms with van der Waals surface area (Å²) < 4.78 is 43.9. The topological polar surface area (TPSA) is 25.2 Å². The van der Waals surface area contributed by atoms with E-state index in [1.807, 2.05) is 18.2 Å². The van der Waals surface area contributed by atoms with Gasteiger partial charge < -0.3 is 0 Å². The van der Waals surface area contributed by atoms with Gasteiger partial charge in [-0.3, -0.25) is 9.98 Å². The van der Waals surface area contributed by atoms with Crippen LogP contribution in [-0.2, 0) is 5.92 Å². The first-order chi connectivity index (χ1) is 11.8. The van der Waals surface area contributed by atoms with Gasteiger partial charge in [-0.05, 0) is 32.0 Å². The molecule has 0 atom stereocenters. The number of nitrogens with zero attached hydrogens (tertiary/aromatic N) is 2. The van der Waals surface area contributed by atoms with Gasteiger partial charge in [-0.2, -0.15) is 8.78 Å². The number of hydrogen-bond donors (Lipinski definition) is 0. The van der Waals surface area contributed by atoms with E-state index < -0.39 is 22.8 Å². The van der Waals surface area contributed by atoms with Crippen LogP contribution in [0.25, 0.3) is 10.9 Å². The van der Waals surface area contributed by atoms with Crippen LogP contribution in [0.3, 0.4) is 0 Å². The fraction of sp³-hybridized carbons (Fsp3) is 0.200. The Balaban J connectivity index is 2.00. The summed E-state index contributed by atoms with van der Waals surface area (Å²) in [4.78, 5) is 8.60. The van der Waals surface area contributed by atoms with Gasteiger partial charge in [-0.25, -0.2) is 4.39 Å². The molecule has 2 nitrogen and oxygen atoms in total. The molecule has 0 spiro atoms. The molecule has 5 heteroatoms. The van der Waals surface area contributed by atoms with Crippen molar-refractivity contribution in [3.05, 3.63) is 77.2 Å². The van der Waals surface area contributed by atoms with Crippen LogP contribution in [-0.4, -0.2) is 16.2 Å². The minimum Gasteiger partial charge on any atom is -0.271 e. The molecule has 0 N–H and O–H groups in total. The van der Waals surface area contributed by atoms with E-state index in [0.29, 0.717) is 11.3 Å². The smallest absolute Gasteiger partial charge is 0.271 e. The molecule has 126 valence electrons. The average Bonchev–Trinajstić information content (AvgIpc) is 2.58. The molecule has 2 heterocycles. The molecule has 25 heavy (non-hydrogen) atoms. The SMILES string of the molecule is CC1(C)N=C(c2ccc3cccnc3c2)c2cccc(F)c2C1(F)F. The van der Waals surface area contributed by atoms with E-state index in [1.165, 1.54) is 26.0 Å². The van der Waals surface area contributed by atoms with Crippen LogP contribution in [0.2, 0.25) is 0 Å². The van der Waals surface area contributed by atoms with Crippen LogP contribution in [0.1, 0.15) is 30.5 Å². The molecular formula is C20H15F3N2. The molecule has 2 aromatic carbocycles. The third-order valence-corrected chi connectivity index (χ3v) is 4.62. The normalized spacial score (nSPS) is 17.9. The van der Waals surface area contributed by atoms with E-state index in [1.54, 1.807) is 18.3 Å². The second-order valence-corrected chi connectivity index (χ2v) is 6.67. The lowest BCUT2D eigenvalue weighted by atomic mass is 9.81. The molecular weight excluding hydrogens is 325 g/mol. The minimum atomic E-state index is -3.40. The predicted molar refractivity (Wildman–Crippen MR) is 91.8 cm³/mol. The monoisotopic (exact) mass is 340 g/mol. The minimum absolute atomic E-state index is 0.125. The van der Waals surface area contributed by atoms with Crippen molar-refractivity contribution in [3.63, 3.8) is 0 Å². The number of pyridine rings is 1. The number of fused-ring (bicyclic) bond motifs is 2. The Morgan fingerprint density at radius 3 is 2.56 bits per heavy atom. The van der Waals surface area contributed by atoms with E-state index in [-0.39, 0.29) is 5.56 Å². The summed E-state index contributed by atoms with van der Waals surface area (Å²) in [5.74, 6) is -4.31. The Hall–Kier alpha value is -2.69. The third kappa shape index (κ3) is 2.26. The van der Waals surface area contributed by atoms with Crippen molar-refractivity contribution in [2.24, 2.45) is 4.99 Å². The highest BCUT2D eigenvalue weighted by Crippen LogP contribution is 2.47. The molecule has 0 saturated carbocycles. The van der Waals surface area contributed by atoms with Crippen molar-refractivity contribution in [1.29, 1.82) is 0 Å². The highest BCUT2D eigenvalue weighted by molar-refractivity contribution is 6.15. The first kappa shape index (κ1) is 15.8. The molecule has 0 amide bonds. The van der Waals surface area contributed by atoms with Gasteiger partial charge in [0.05, 0.1) is 16.8 Å². The lowest BCUT2D eigenvalue weighted by Crippen LogP contribution is -2.44. The first-order valence-corrected chi connectivity index (χ1v) is 7.93. The van der Waals surface area contributed by atoms with Crippen molar-refractivity contribution in [3.8, 4) is 0 Å². The van der Waals surface area contributed by atoms with Crippen molar-refractivity contribution in [2.45, 2.75) is 25.3 Å². The molecule has 4 rings (SSSR count). The zero-order valence-corrected chi connectivity index (χ0v) is 13.7. The molecule has 0 fully saturated rings. The van der Waals surface area contributed by atoms with Crippen LogP contribution in [0.15, 0.2) is 59.7 Å². The van der Waals surface area contributed by atoms with Crippen LogP contribution in [0.5, 0.6) is 0 Å². The summed E-state index contributed by atoms with van der Waals surface area (Å²) in [5.41, 5.74) is -0.488. The first-order valence-electron chi connectivity index (χ1n) is 7.93. The van der Waals surface area contributed by atoms with Gasteiger partial charge in [-0.1, -0.05) is 30.3 Å². The summed E-state index contributed by atoms with van der Waals surface area (Å²) in [6.45, 7) is 2.64. The van der Waals surface area contributed by atoms with Gasteiger partial charge in [-0.15, -0.1) is 0 Å². The predicted octanol–water partition coefficient (Wildman–Crippen LogP) is 5.10. The zero-order valence-electron chi connectivity index (χ0n) is 13.7. The molecule has 0 bridgehead atoms. The lowest BCUT2D eigenvalue weighted by molar-refractivity contribution is -0.0710. The molecule has 0 saturated heterocycles. The standard InChI is InChI=1S/C20H15F3N2/c1-19(2)20(22,23)17-14(6-3-7-15(17)21)18(25-19)13-9-8-12-5-4-10-24-16(12)11-13/h3-11H,1-2H3. The van der Waals surface area contributed by atoms with Crippen LogP contribution in [0.4, 0.5) is 13.2 Å². The zero-order chi connectivity index (χ0) is 17.8. The van der Waals surface area contributed by atoms with Crippen molar-refractivity contribution >= 4 is 16.6 Å². The molecule has 1 aliphatic rings. The van der Waals surface area contributed by atoms with E-state index in [4.69, 9.17) is 0 Å². The molecule has 1 aromatic heterocycles. The second-order valence-electron chi connectivity index (χ2n) is 6.67. The number of benzene rings is 2. The van der Waals surface area contributed by atoms with Crippen molar-refractivity contribution in [2.75, 3.05) is 0 Å². The quantitative estimate of drug-likeness (QED) is 0.605. The van der Waals surface area contributed by atoms with Crippen molar-refractivity contribution in [1.82, 2.24) is 4.98 Å². The maximum atomic E-state index is 14.8. The number of halogens is 3. The van der Waals surface area contributed by atoms with E-state index in [0.717, 1.165) is 17.0 Å². The molecule has 0 radical (unpaired) electrons. The van der Waals surface area contributed by atoms with E-state index in [2.05, 4.69) is 9.98 Å². The number of aliphatic imine (C=N–C) groups is 1. The van der Waals surface area contributed by atoms with Gasteiger partial charge in [0.2, 0.25) is 0 Å². The number of hydrogen-bond acceptors (Lipinski definition) is 2. The Morgan fingerprint density at radius 2 is 1.76 bits per heavy atom. The summed E-state index contributed by atoms with van der Waals surface area (Å²) in [5, 5.41) is 0.937. The van der Waals surface area contributed by atoms with Crippen LogP contribution in [0, 0.1) is 5.82 Å². The average molecular weight is 340 g/mol. The van der Waals surface area contributed by atoms with Gasteiger partial charge in [0.1, 0.15) is 11.4 Å². The van der Waals surface area contributed by atoms with Crippen LogP contribution >= 0.6 is 0 Å². The Kier molecular flexibility index (Phi) is 3.26. The summed E-state index contributed by atoms with van der Waals surface area (Å²) in [6, 6.07) is 13.2. The van der Waals surface area contributed by atoms with E-state index >= 15 is 0 Å². The van der Waals surface area contributed by atoms with Gasteiger partial charge in [0.15, 0.2) is 0 Å². The maximum absolute atomic E-state index is 14.8. The van der Waals surface area contributed by atoms with Crippen molar-refractivity contribution < 1.29 is 13.2 Å². The fourth-order valence-corrected chi connectivity index (χ4v) is 3.19. The number of alkyl halides is 2. The lowest BCUT2D eigenvalue weighted by Gasteiger charge is -2.37. The molecule has 0 unspecified atom stereocenters.